The highest BCUT2D eigenvalue weighted by molar-refractivity contribution is 5.24. The van der Waals surface area contributed by atoms with Crippen molar-refractivity contribution in [3.8, 4) is 0 Å². The van der Waals surface area contributed by atoms with Crippen molar-refractivity contribution in [2.45, 2.75) is 46.3 Å². The van der Waals surface area contributed by atoms with Crippen molar-refractivity contribution in [3.05, 3.63) is 29.6 Å². The number of nitrogens with one attached hydrogen (secondary N) is 1. The van der Waals surface area contributed by atoms with E-state index < -0.39 is 11.7 Å². The van der Waals surface area contributed by atoms with Crippen LogP contribution in [0.2, 0.25) is 0 Å². The Bertz CT molecular complexity index is 408. The fraction of sp³-hybridized carbons (Fsp3) is 0.643. The molecule has 1 aromatic heterocycles. The second-order valence-electron chi connectivity index (χ2n) is 5.68. The van der Waals surface area contributed by atoms with E-state index in [1.54, 1.807) is 0 Å². The van der Waals surface area contributed by atoms with Crippen LogP contribution in [0.15, 0.2) is 18.3 Å². The fourth-order valence-electron chi connectivity index (χ4n) is 1.98. The molecule has 0 aliphatic carbocycles. The molecule has 0 radical (unpaired) electrons. The third kappa shape index (κ3) is 4.49. The van der Waals surface area contributed by atoms with Crippen molar-refractivity contribution in [3.63, 3.8) is 0 Å². The third-order valence-electron chi connectivity index (χ3n) is 3.09. The summed E-state index contributed by atoms with van der Waals surface area (Å²) in [6.07, 6.45) is -2.67. The number of pyridine rings is 1. The molecule has 1 unspecified atom stereocenters. The Labute approximate surface area is 112 Å². The number of rotatable bonds is 4. The van der Waals surface area contributed by atoms with Crippen molar-refractivity contribution in [2.75, 3.05) is 6.54 Å². The monoisotopic (exact) mass is 274 g/mol. The Hall–Kier alpha value is -1.10. The number of aromatic nitrogens is 1. The van der Waals surface area contributed by atoms with Crippen LogP contribution in [0.5, 0.6) is 0 Å². The van der Waals surface area contributed by atoms with Crippen LogP contribution in [0.1, 0.15) is 39.0 Å². The molecular weight excluding hydrogens is 253 g/mol. The molecule has 1 rings (SSSR count). The van der Waals surface area contributed by atoms with Gasteiger partial charge in [-0.2, -0.15) is 13.2 Å². The molecule has 0 saturated heterocycles. The molecule has 5 heteroatoms. The lowest BCUT2D eigenvalue weighted by molar-refractivity contribution is -0.138. The first kappa shape index (κ1) is 16.0. The molecule has 0 aromatic carbocycles. The van der Waals surface area contributed by atoms with E-state index >= 15 is 0 Å². The summed E-state index contributed by atoms with van der Waals surface area (Å²) in [6.45, 7) is 8.70. The molecule has 0 saturated carbocycles. The quantitative estimate of drug-likeness (QED) is 0.906. The predicted molar refractivity (Wildman–Crippen MR) is 69.9 cm³/mol. The van der Waals surface area contributed by atoms with Gasteiger partial charge < -0.3 is 5.32 Å². The Morgan fingerprint density at radius 2 is 1.89 bits per heavy atom. The summed E-state index contributed by atoms with van der Waals surface area (Å²) in [7, 11) is 0. The molecule has 1 aromatic rings. The second kappa shape index (κ2) is 5.90. The molecule has 0 spiro atoms. The minimum absolute atomic E-state index is 0.0477. The molecular formula is C14H21F3N2. The van der Waals surface area contributed by atoms with Gasteiger partial charge in [0.05, 0.1) is 11.3 Å². The summed E-state index contributed by atoms with van der Waals surface area (Å²) >= 11 is 0. The summed E-state index contributed by atoms with van der Waals surface area (Å²) in [5.74, 6) is 0. The van der Waals surface area contributed by atoms with Gasteiger partial charge in [0.2, 0.25) is 0 Å². The van der Waals surface area contributed by atoms with Crippen LogP contribution in [-0.4, -0.2) is 17.6 Å². The van der Waals surface area contributed by atoms with Crippen LogP contribution >= 0.6 is 0 Å². The van der Waals surface area contributed by atoms with Gasteiger partial charge in [-0.15, -0.1) is 0 Å². The zero-order valence-corrected chi connectivity index (χ0v) is 11.8. The van der Waals surface area contributed by atoms with Gasteiger partial charge in [0.25, 0.3) is 0 Å². The number of halogens is 3. The molecule has 0 bridgehead atoms. The maximum Gasteiger partial charge on any atom is 0.418 e. The highest BCUT2D eigenvalue weighted by Crippen LogP contribution is 2.32. The SMILES string of the molecule is CCNC(Cc1ncccc1C(F)(F)F)C(C)(C)C. The van der Waals surface area contributed by atoms with Gasteiger partial charge in [-0.25, -0.2) is 0 Å². The average Bonchev–Trinajstić information content (AvgIpc) is 2.26. The number of likely N-dealkylation sites (N-methyl/N-ethyl adjacent to an activating group) is 1. The van der Waals surface area contributed by atoms with E-state index in [2.05, 4.69) is 10.3 Å². The van der Waals surface area contributed by atoms with Crippen LogP contribution in [0.3, 0.4) is 0 Å². The van der Waals surface area contributed by atoms with E-state index in [0.717, 1.165) is 12.6 Å². The zero-order chi connectivity index (χ0) is 14.7. The van der Waals surface area contributed by atoms with E-state index in [1.807, 2.05) is 27.7 Å². The fourth-order valence-corrected chi connectivity index (χ4v) is 1.98. The number of alkyl halides is 3. The Morgan fingerprint density at radius 1 is 1.26 bits per heavy atom. The van der Waals surface area contributed by atoms with Crippen LogP contribution < -0.4 is 5.32 Å². The minimum atomic E-state index is -4.35. The molecule has 2 nitrogen and oxygen atoms in total. The van der Waals surface area contributed by atoms with Crippen LogP contribution in [0, 0.1) is 5.41 Å². The maximum atomic E-state index is 12.9. The van der Waals surface area contributed by atoms with Gasteiger partial charge >= 0.3 is 6.18 Å². The molecule has 19 heavy (non-hydrogen) atoms. The summed E-state index contributed by atoms with van der Waals surface area (Å²) in [5, 5.41) is 3.24. The van der Waals surface area contributed by atoms with Gasteiger partial charge in [0.15, 0.2) is 0 Å². The Kier molecular flexibility index (Phi) is 4.96. The van der Waals surface area contributed by atoms with Gasteiger partial charge in [0, 0.05) is 18.7 Å². The highest BCUT2D eigenvalue weighted by Gasteiger charge is 2.35. The number of hydrogen-bond acceptors (Lipinski definition) is 2. The zero-order valence-electron chi connectivity index (χ0n) is 11.8. The molecule has 0 aliphatic rings. The first-order valence-corrected chi connectivity index (χ1v) is 6.40. The smallest absolute Gasteiger partial charge is 0.313 e. The van der Waals surface area contributed by atoms with Gasteiger partial charge in [-0.05, 0) is 24.1 Å². The van der Waals surface area contributed by atoms with Gasteiger partial charge in [-0.3, -0.25) is 4.98 Å². The standard InChI is InChI=1S/C14H21F3N2/c1-5-18-12(13(2,3)4)9-11-10(14(15,16)17)7-6-8-19-11/h6-8,12,18H,5,9H2,1-4H3. The van der Waals surface area contributed by atoms with E-state index in [1.165, 1.54) is 12.3 Å². The first-order chi connectivity index (χ1) is 8.66. The number of hydrogen-bond donors (Lipinski definition) is 1. The van der Waals surface area contributed by atoms with E-state index in [9.17, 15) is 13.2 Å². The molecule has 0 amide bonds. The molecule has 1 N–H and O–H groups in total. The summed E-state index contributed by atoms with van der Waals surface area (Å²) in [4.78, 5) is 3.92. The van der Waals surface area contributed by atoms with Crippen molar-refractivity contribution in [1.82, 2.24) is 10.3 Å². The molecule has 0 aliphatic heterocycles. The average molecular weight is 274 g/mol. The predicted octanol–water partition coefficient (Wildman–Crippen LogP) is 3.67. The third-order valence-corrected chi connectivity index (χ3v) is 3.09. The van der Waals surface area contributed by atoms with E-state index in [0.29, 0.717) is 0 Å². The van der Waals surface area contributed by atoms with Gasteiger partial charge in [-0.1, -0.05) is 27.7 Å². The van der Waals surface area contributed by atoms with E-state index in [4.69, 9.17) is 0 Å². The van der Waals surface area contributed by atoms with E-state index in [-0.39, 0.29) is 23.6 Å². The summed E-state index contributed by atoms with van der Waals surface area (Å²) in [5.41, 5.74) is -0.658. The Balaban J connectivity index is 3.04. The van der Waals surface area contributed by atoms with Crippen molar-refractivity contribution in [2.24, 2.45) is 5.41 Å². The largest absolute Gasteiger partial charge is 0.418 e. The number of nitrogens with zero attached hydrogens (tertiary/aromatic N) is 1. The Morgan fingerprint density at radius 3 is 2.37 bits per heavy atom. The van der Waals surface area contributed by atoms with Crippen molar-refractivity contribution >= 4 is 0 Å². The molecule has 1 atom stereocenters. The van der Waals surface area contributed by atoms with Crippen LogP contribution in [0.4, 0.5) is 13.2 Å². The normalized spacial score (nSPS) is 14.5. The first-order valence-electron chi connectivity index (χ1n) is 6.40. The summed E-state index contributed by atoms with van der Waals surface area (Å²) in [6, 6.07) is 2.37. The van der Waals surface area contributed by atoms with Crippen LogP contribution in [0.25, 0.3) is 0 Å². The molecule has 108 valence electrons. The van der Waals surface area contributed by atoms with Gasteiger partial charge in [0.1, 0.15) is 0 Å². The lowest BCUT2D eigenvalue weighted by Gasteiger charge is -2.31. The van der Waals surface area contributed by atoms with Crippen molar-refractivity contribution < 1.29 is 13.2 Å². The topological polar surface area (TPSA) is 24.9 Å². The molecule has 1 heterocycles. The van der Waals surface area contributed by atoms with Crippen molar-refractivity contribution in [1.29, 1.82) is 0 Å². The molecule has 0 fully saturated rings. The van der Waals surface area contributed by atoms with Crippen LogP contribution in [-0.2, 0) is 12.6 Å². The maximum absolute atomic E-state index is 12.9. The minimum Gasteiger partial charge on any atom is -0.313 e. The lowest BCUT2D eigenvalue weighted by Crippen LogP contribution is -2.42. The second-order valence-corrected chi connectivity index (χ2v) is 5.68. The summed E-state index contributed by atoms with van der Waals surface area (Å²) < 4.78 is 38.8. The highest BCUT2D eigenvalue weighted by atomic mass is 19.4. The lowest BCUT2D eigenvalue weighted by atomic mass is 9.83.